The maximum atomic E-state index is 3.06. The third-order valence-corrected chi connectivity index (χ3v) is 0. The van der Waals surface area contributed by atoms with Gasteiger partial charge in [-0.3, -0.25) is 0 Å². The van der Waals surface area contributed by atoms with Crippen molar-refractivity contribution >= 4 is 0 Å². The van der Waals surface area contributed by atoms with Gasteiger partial charge >= 0.3 is 28.4 Å². The van der Waals surface area contributed by atoms with E-state index in [1.165, 1.54) is 0 Å². The molecule has 0 spiro atoms. The van der Waals surface area contributed by atoms with Crippen molar-refractivity contribution in [1.82, 2.24) is 0 Å². The van der Waals surface area contributed by atoms with Crippen molar-refractivity contribution in [1.29, 1.82) is 0 Å². The molecule has 0 aliphatic rings. The molecule has 0 unspecified atom stereocenters. The summed E-state index contributed by atoms with van der Waals surface area (Å²) in [5, 5.41) is 0. The Kier molecular flexibility index (Phi) is 82.1. The molecule has 1 radical (unpaired) electrons. The predicted octanol–water partition coefficient (Wildman–Crippen LogP) is -0.0100. The van der Waals surface area contributed by atoms with Crippen LogP contribution >= 0.6 is 0 Å². The fraction of sp³-hybridized carbons (Fsp3) is 0. The second-order valence-electron chi connectivity index (χ2n) is 0. The molecular weight excluding hydrogens is 228 g/mol. The van der Waals surface area contributed by atoms with Crippen molar-refractivity contribution in [3.8, 4) is 0 Å². The van der Waals surface area contributed by atoms with Crippen molar-refractivity contribution in [3.05, 3.63) is 0 Å². The molecule has 0 aliphatic heterocycles. The van der Waals surface area contributed by atoms with Crippen molar-refractivity contribution in [2.75, 3.05) is 0 Å². The molecule has 0 bridgehead atoms. The summed E-state index contributed by atoms with van der Waals surface area (Å²) in [5.74, 6) is 0. The average molecular weight is 228 g/mol. The minimum atomic E-state index is 0. The molecule has 0 nitrogen and oxygen atoms in total. The molecule has 34 valence electrons. The Morgan fingerprint density at radius 3 is 1.25 bits per heavy atom. The Bertz CT molecular complexity index is 8.00. The van der Waals surface area contributed by atoms with Crippen LogP contribution in [0.25, 0.3) is 0 Å². The SMILES string of the molecule is [Co].[Mn][Fe].[Ni]. The molecular formula is CoFeMnNi. The van der Waals surface area contributed by atoms with Gasteiger partial charge in [-0.1, -0.05) is 0 Å². The van der Waals surface area contributed by atoms with E-state index in [1.54, 1.807) is 0 Å². The molecule has 0 atom stereocenters. The summed E-state index contributed by atoms with van der Waals surface area (Å²) in [6.45, 7) is 0. The zero-order valence-corrected chi connectivity index (χ0v) is 5.69. The topological polar surface area (TPSA) is 0 Å². The average Bonchev–Trinajstić information content (AvgIpc) is 1.00. The van der Waals surface area contributed by atoms with Crippen LogP contribution in [0.1, 0.15) is 0 Å². The smallest absolute Gasteiger partial charge is 0 e. The Balaban J connectivity index is -0.00000000500. The Hall–Kier alpha value is 2.04. The molecule has 0 aromatic rings. The first kappa shape index (κ1) is 16.6. The van der Waals surface area contributed by atoms with E-state index in [9.17, 15) is 0 Å². The van der Waals surface area contributed by atoms with Gasteiger partial charge in [-0.25, -0.2) is 0 Å². The standard InChI is InChI=1S/Co.Fe.Mn.Ni. The normalized spacial score (nSPS) is 1.50. The van der Waals surface area contributed by atoms with E-state index in [2.05, 4.69) is 28.4 Å². The number of hydrogen-bond acceptors (Lipinski definition) is 0. The molecule has 0 heterocycles. The predicted molar refractivity (Wildman–Crippen MR) is 0 cm³/mol. The first-order valence-electron chi connectivity index (χ1n) is 0.134. The van der Waals surface area contributed by atoms with E-state index in [0.717, 1.165) is 0 Å². The van der Waals surface area contributed by atoms with Crippen molar-refractivity contribution in [3.63, 3.8) is 0 Å². The van der Waals surface area contributed by atoms with Crippen LogP contribution in [0.4, 0.5) is 0 Å². The molecule has 0 saturated carbocycles. The van der Waals surface area contributed by atoms with Gasteiger partial charge in [0, 0.05) is 33.3 Å². The quantitative estimate of drug-likeness (QED) is 0.512. The summed E-state index contributed by atoms with van der Waals surface area (Å²) in [5.41, 5.74) is 0. The molecule has 0 aromatic carbocycles. The van der Waals surface area contributed by atoms with Crippen LogP contribution in [0, 0.1) is 0 Å². The van der Waals surface area contributed by atoms with E-state index in [-0.39, 0.29) is 33.3 Å². The summed E-state index contributed by atoms with van der Waals surface area (Å²) in [6.07, 6.45) is 0. The van der Waals surface area contributed by atoms with Gasteiger partial charge in [0.15, 0.2) is 0 Å². The van der Waals surface area contributed by atoms with Gasteiger partial charge in [0.2, 0.25) is 0 Å². The molecule has 0 fully saturated rings. The molecule has 0 rings (SSSR count). The van der Waals surface area contributed by atoms with Crippen molar-refractivity contribution in [2.45, 2.75) is 0 Å². The minimum absolute atomic E-state index is 0. The van der Waals surface area contributed by atoms with Crippen LogP contribution in [-0.2, 0) is 61.6 Å². The van der Waals surface area contributed by atoms with Crippen molar-refractivity contribution < 1.29 is 61.6 Å². The van der Waals surface area contributed by atoms with Crippen LogP contribution in [0.3, 0.4) is 0 Å². The molecule has 0 amide bonds. The van der Waals surface area contributed by atoms with Crippen LogP contribution in [0.5, 0.6) is 0 Å². The van der Waals surface area contributed by atoms with Gasteiger partial charge < -0.3 is 0 Å². The van der Waals surface area contributed by atoms with Gasteiger partial charge in [0.25, 0.3) is 0 Å². The number of rotatable bonds is 0. The fourth-order valence-electron chi connectivity index (χ4n) is 0. The van der Waals surface area contributed by atoms with Gasteiger partial charge in [0.05, 0.1) is 0 Å². The zero-order valence-electron chi connectivity index (χ0n) is 1.38. The van der Waals surface area contributed by atoms with Crippen LogP contribution < -0.4 is 0 Å². The van der Waals surface area contributed by atoms with Crippen LogP contribution in [0.2, 0.25) is 0 Å². The van der Waals surface area contributed by atoms with Crippen LogP contribution in [0.15, 0.2) is 0 Å². The van der Waals surface area contributed by atoms with E-state index < -0.39 is 0 Å². The van der Waals surface area contributed by atoms with E-state index in [0.29, 0.717) is 0 Å². The van der Waals surface area contributed by atoms with Gasteiger partial charge in [0.1, 0.15) is 0 Å². The third kappa shape index (κ3) is 8.97. The van der Waals surface area contributed by atoms with E-state index in [1.807, 2.05) is 0 Å². The van der Waals surface area contributed by atoms with E-state index in [4.69, 9.17) is 0 Å². The molecule has 0 N–H and O–H groups in total. The number of hydrogen-bond donors (Lipinski definition) is 0. The molecule has 0 saturated heterocycles. The first-order chi connectivity index (χ1) is 1.00. The Morgan fingerprint density at radius 2 is 1.25 bits per heavy atom. The minimum Gasteiger partial charge on any atom is 0 e. The monoisotopic (exact) mass is 228 g/mol. The third-order valence-electron chi connectivity index (χ3n) is 0. The maximum Gasteiger partial charge on any atom is 0 e. The van der Waals surface area contributed by atoms with Gasteiger partial charge in [-0.05, 0) is 0 Å². The first-order valence-corrected chi connectivity index (χ1v) is 2.27. The van der Waals surface area contributed by atoms with Gasteiger partial charge in [-0.2, -0.15) is 0 Å². The molecule has 0 aromatic heterocycles. The summed E-state index contributed by atoms with van der Waals surface area (Å²) in [7, 11) is 0. The summed E-state index contributed by atoms with van der Waals surface area (Å²) in [6, 6.07) is 0. The van der Waals surface area contributed by atoms with E-state index >= 15 is 0 Å². The second-order valence-corrected chi connectivity index (χ2v) is 0. The van der Waals surface area contributed by atoms with Crippen LogP contribution in [-0.4, -0.2) is 0 Å². The maximum absolute atomic E-state index is 3.06. The van der Waals surface area contributed by atoms with Crippen molar-refractivity contribution in [2.24, 2.45) is 0 Å². The Labute approximate surface area is 61.2 Å². The summed E-state index contributed by atoms with van der Waals surface area (Å²) >= 11 is 5.75. The molecule has 0 aliphatic carbocycles. The fourth-order valence-corrected chi connectivity index (χ4v) is 0. The summed E-state index contributed by atoms with van der Waals surface area (Å²) < 4.78 is 0. The molecule has 4 heteroatoms. The zero-order chi connectivity index (χ0) is 2.00. The van der Waals surface area contributed by atoms with Gasteiger partial charge in [-0.15, -0.1) is 0 Å². The Morgan fingerprint density at radius 1 is 1.25 bits per heavy atom. The molecule has 4 heavy (non-hydrogen) atoms. The largest absolute Gasteiger partial charge is 0 e. The second kappa shape index (κ2) is 19.8. The summed E-state index contributed by atoms with van der Waals surface area (Å²) in [4.78, 5) is 0.